The zero-order valence-corrected chi connectivity index (χ0v) is 16.1. The van der Waals surface area contributed by atoms with E-state index in [4.69, 9.17) is 0 Å². The quantitative estimate of drug-likeness (QED) is 0.186. The highest BCUT2D eigenvalue weighted by Gasteiger charge is 1.94. The van der Waals surface area contributed by atoms with Crippen LogP contribution in [0.2, 0.25) is 0 Å². The molecule has 0 aromatic heterocycles. The molecule has 0 amide bonds. The van der Waals surface area contributed by atoms with Crippen molar-refractivity contribution >= 4 is 0 Å². The Morgan fingerprint density at radius 2 is 0.955 bits per heavy atom. The lowest BCUT2D eigenvalue weighted by Gasteiger charge is -2.03. The second kappa shape index (κ2) is 18.8. The van der Waals surface area contributed by atoms with Crippen LogP contribution in [0, 0.1) is 0 Å². The van der Waals surface area contributed by atoms with Crippen molar-refractivity contribution in [2.45, 2.75) is 130 Å². The van der Waals surface area contributed by atoms with Crippen LogP contribution in [-0.4, -0.2) is 0 Å². The van der Waals surface area contributed by atoms with Gasteiger partial charge < -0.3 is 0 Å². The number of unbranched alkanes of at least 4 members (excludes halogenated alkanes) is 14. The first kappa shape index (κ1) is 21.7. The van der Waals surface area contributed by atoms with Crippen molar-refractivity contribution in [1.82, 2.24) is 0 Å². The summed E-state index contributed by atoms with van der Waals surface area (Å²) in [6.07, 6.45) is 26.6. The van der Waals surface area contributed by atoms with Crippen molar-refractivity contribution in [2.75, 3.05) is 0 Å². The first-order valence-electron chi connectivity index (χ1n) is 10.5. The molecule has 0 aliphatic heterocycles. The van der Waals surface area contributed by atoms with Crippen molar-refractivity contribution in [3.05, 3.63) is 11.6 Å². The Balaban J connectivity index is 3.23. The molecule has 0 bridgehead atoms. The van der Waals surface area contributed by atoms with Crippen molar-refractivity contribution in [2.24, 2.45) is 0 Å². The highest BCUT2D eigenvalue weighted by atomic mass is 14.0. The van der Waals surface area contributed by atoms with E-state index in [0.29, 0.717) is 0 Å². The van der Waals surface area contributed by atoms with Gasteiger partial charge in [0.1, 0.15) is 0 Å². The largest absolute Gasteiger partial charge is 0.0856 e. The lowest BCUT2D eigenvalue weighted by Crippen LogP contribution is -1.83. The molecule has 0 aromatic carbocycles. The van der Waals surface area contributed by atoms with Crippen LogP contribution in [0.5, 0.6) is 0 Å². The van der Waals surface area contributed by atoms with Crippen molar-refractivity contribution in [1.29, 1.82) is 0 Å². The van der Waals surface area contributed by atoms with Gasteiger partial charge >= 0.3 is 0 Å². The molecule has 0 saturated heterocycles. The van der Waals surface area contributed by atoms with Gasteiger partial charge in [0.15, 0.2) is 0 Å². The molecule has 0 saturated carbocycles. The van der Waals surface area contributed by atoms with E-state index in [2.05, 4.69) is 26.8 Å². The maximum Gasteiger partial charge on any atom is -0.0323 e. The number of allylic oxidation sites excluding steroid dienone is 2. The SMILES string of the molecule is CCCCCCCCC=C(C)CCCCCCCCCCC. The van der Waals surface area contributed by atoms with Crippen molar-refractivity contribution in [3.8, 4) is 0 Å². The molecule has 22 heavy (non-hydrogen) atoms. The second-order valence-corrected chi connectivity index (χ2v) is 7.19. The number of hydrogen-bond donors (Lipinski definition) is 0. The molecular weight excluding hydrogens is 264 g/mol. The predicted octanol–water partition coefficient (Wildman–Crippen LogP) is 8.60. The van der Waals surface area contributed by atoms with Crippen LogP contribution in [0.1, 0.15) is 130 Å². The smallest absolute Gasteiger partial charge is 0.0323 e. The van der Waals surface area contributed by atoms with Gasteiger partial charge in [-0.1, -0.05) is 109 Å². The zero-order chi connectivity index (χ0) is 16.3. The van der Waals surface area contributed by atoms with E-state index in [-0.39, 0.29) is 0 Å². The molecule has 0 aliphatic rings. The van der Waals surface area contributed by atoms with Crippen LogP contribution >= 0.6 is 0 Å². The minimum Gasteiger partial charge on any atom is -0.0856 e. The van der Waals surface area contributed by atoms with Gasteiger partial charge in [-0.2, -0.15) is 0 Å². The summed E-state index contributed by atoms with van der Waals surface area (Å²) in [5.41, 5.74) is 1.64. The van der Waals surface area contributed by atoms with Crippen LogP contribution < -0.4 is 0 Å². The van der Waals surface area contributed by atoms with Gasteiger partial charge in [0.25, 0.3) is 0 Å². The Morgan fingerprint density at radius 1 is 0.545 bits per heavy atom. The highest BCUT2D eigenvalue weighted by Crippen LogP contribution is 2.14. The van der Waals surface area contributed by atoms with E-state index in [1.54, 1.807) is 5.57 Å². The Morgan fingerprint density at radius 3 is 1.45 bits per heavy atom. The Hall–Kier alpha value is -0.260. The lowest BCUT2D eigenvalue weighted by atomic mass is 10.0. The summed E-state index contributed by atoms with van der Waals surface area (Å²) in [7, 11) is 0. The molecule has 0 heterocycles. The molecule has 0 radical (unpaired) electrons. The summed E-state index contributed by atoms with van der Waals surface area (Å²) in [6, 6.07) is 0. The maximum atomic E-state index is 2.50. The molecule has 0 aromatic rings. The van der Waals surface area contributed by atoms with E-state index in [9.17, 15) is 0 Å². The number of rotatable bonds is 17. The topological polar surface area (TPSA) is 0 Å². The van der Waals surface area contributed by atoms with Gasteiger partial charge in [-0.25, -0.2) is 0 Å². The minimum absolute atomic E-state index is 1.31. The number of hydrogen-bond acceptors (Lipinski definition) is 0. The normalized spacial score (nSPS) is 12.0. The van der Waals surface area contributed by atoms with Crippen LogP contribution in [-0.2, 0) is 0 Å². The first-order valence-corrected chi connectivity index (χ1v) is 10.5. The summed E-state index contributed by atoms with van der Waals surface area (Å²) >= 11 is 0. The molecule has 0 heteroatoms. The first-order chi connectivity index (χ1) is 10.8. The Kier molecular flexibility index (Phi) is 18.6. The molecule has 0 aliphatic carbocycles. The molecule has 0 atom stereocenters. The van der Waals surface area contributed by atoms with E-state index >= 15 is 0 Å². The fourth-order valence-corrected chi connectivity index (χ4v) is 3.09. The van der Waals surface area contributed by atoms with Gasteiger partial charge in [0, 0.05) is 0 Å². The summed E-state index contributed by atoms with van der Waals surface area (Å²) in [5, 5.41) is 0. The van der Waals surface area contributed by atoms with Crippen molar-refractivity contribution < 1.29 is 0 Å². The van der Waals surface area contributed by atoms with Crippen molar-refractivity contribution in [3.63, 3.8) is 0 Å². The average Bonchev–Trinajstić information content (AvgIpc) is 2.52. The fraction of sp³-hybridized carbons (Fsp3) is 0.909. The molecule has 0 rings (SSSR count). The van der Waals surface area contributed by atoms with Crippen LogP contribution in [0.4, 0.5) is 0 Å². The predicted molar refractivity (Wildman–Crippen MR) is 104 cm³/mol. The molecule has 0 fully saturated rings. The Labute approximate surface area is 142 Å². The molecule has 132 valence electrons. The average molecular weight is 309 g/mol. The van der Waals surface area contributed by atoms with Crippen LogP contribution in [0.3, 0.4) is 0 Å². The lowest BCUT2D eigenvalue weighted by molar-refractivity contribution is 0.564. The van der Waals surface area contributed by atoms with E-state index < -0.39 is 0 Å². The van der Waals surface area contributed by atoms with E-state index in [0.717, 1.165) is 0 Å². The summed E-state index contributed by atoms with van der Waals surface area (Å²) in [5.74, 6) is 0. The standard InChI is InChI=1S/C22H44/c1-4-6-8-10-12-13-15-17-19-21-22(3)20-18-16-14-11-9-7-5-2/h20H,4-19,21H2,1-3H3. The fourth-order valence-electron chi connectivity index (χ4n) is 3.09. The second-order valence-electron chi connectivity index (χ2n) is 7.19. The Bertz CT molecular complexity index is 226. The molecule has 0 nitrogen and oxygen atoms in total. The highest BCUT2D eigenvalue weighted by molar-refractivity contribution is 4.97. The molecule has 0 N–H and O–H groups in total. The third kappa shape index (κ3) is 17.8. The molecule has 0 unspecified atom stereocenters. The van der Waals surface area contributed by atoms with Crippen LogP contribution in [0.25, 0.3) is 0 Å². The summed E-state index contributed by atoms with van der Waals surface area (Å²) in [4.78, 5) is 0. The van der Waals surface area contributed by atoms with Gasteiger partial charge in [-0.3, -0.25) is 0 Å². The van der Waals surface area contributed by atoms with E-state index in [1.807, 2.05) is 0 Å². The monoisotopic (exact) mass is 308 g/mol. The van der Waals surface area contributed by atoms with Gasteiger partial charge in [0.05, 0.1) is 0 Å². The van der Waals surface area contributed by atoms with Crippen LogP contribution in [0.15, 0.2) is 11.6 Å². The van der Waals surface area contributed by atoms with Gasteiger partial charge in [0.2, 0.25) is 0 Å². The maximum absolute atomic E-state index is 2.50. The summed E-state index contributed by atoms with van der Waals surface area (Å²) < 4.78 is 0. The molecule has 0 spiro atoms. The molecular formula is C22H44. The van der Waals surface area contributed by atoms with Gasteiger partial charge in [-0.05, 0) is 32.6 Å². The zero-order valence-electron chi connectivity index (χ0n) is 16.1. The third-order valence-electron chi connectivity index (χ3n) is 4.73. The third-order valence-corrected chi connectivity index (χ3v) is 4.73. The van der Waals surface area contributed by atoms with E-state index in [1.165, 1.54) is 109 Å². The summed E-state index contributed by atoms with van der Waals surface area (Å²) in [6.45, 7) is 6.92. The minimum atomic E-state index is 1.31. The van der Waals surface area contributed by atoms with Gasteiger partial charge in [-0.15, -0.1) is 0 Å².